The van der Waals surface area contributed by atoms with Crippen LogP contribution in [0.5, 0.6) is 0 Å². The highest BCUT2D eigenvalue weighted by atomic mass is 19.1. The zero-order valence-electron chi connectivity index (χ0n) is 18.2. The predicted octanol–water partition coefficient (Wildman–Crippen LogP) is 2.61. The fourth-order valence-corrected chi connectivity index (χ4v) is 3.52. The zero-order chi connectivity index (χ0) is 24.9. The molecule has 4 rings (SSSR count). The highest BCUT2D eigenvalue weighted by Crippen LogP contribution is 2.21. The third-order valence-corrected chi connectivity index (χ3v) is 5.14. The summed E-state index contributed by atoms with van der Waals surface area (Å²) in [6.45, 7) is 0. The quantitative estimate of drug-likeness (QED) is 0.380. The summed E-state index contributed by atoms with van der Waals surface area (Å²) in [5, 5.41) is 6.84. The van der Waals surface area contributed by atoms with E-state index >= 15 is 0 Å². The van der Waals surface area contributed by atoms with E-state index in [2.05, 4.69) is 15.4 Å². The number of hydrogen-bond donors (Lipinski definition) is 2. The Balaban J connectivity index is 1.63. The first-order valence-electron chi connectivity index (χ1n) is 10.5. The third-order valence-electron chi connectivity index (χ3n) is 5.14. The van der Waals surface area contributed by atoms with Gasteiger partial charge in [-0.3, -0.25) is 14.4 Å². The van der Waals surface area contributed by atoms with Crippen molar-refractivity contribution in [3.05, 3.63) is 102 Å². The second-order valence-corrected chi connectivity index (χ2v) is 7.62. The van der Waals surface area contributed by atoms with Crippen LogP contribution in [-0.2, 0) is 16.0 Å². The number of halogens is 2. The van der Waals surface area contributed by atoms with E-state index in [0.717, 1.165) is 23.8 Å². The first kappa shape index (κ1) is 23.4. The molecule has 0 aliphatic carbocycles. The normalized spacial score (nSPS) is 11.6. The van der Waals surface area contributed by atoms with Crippen LogP contribution in [0, 0.1) is 11.6 Å². The average Bonchev–Trinajstić information content (AvgIpc) is 3.33. The monoisotopic (exact) mass is 475 g/mol. The van der Waals surface area contributed by atoms with Crippen LogP contribution in [-0.4, -0.2) is 38.4 Å². The number of carbonyl (C=O) groups excluding carboxylic acids is 3. The summed E-state index contributed by atoms with van der Waals surface area (Å²) in [7, 11) is 0. The number of carbonyl (C=O) groups is 3. The molecule has 0 radical (unpaired) electrons. The van der Waals surface area contributed by atoms with Crippen LogP contribution in [0.1, 0.15) is 15.9 Å². The average molecular weight is 475 g/mol. The first-order chi connectivity index (χ1) is 16.8. The Bertz CT molecular complexity index is 1380. The van der Waals surface area contributed by atoms with Crippen molar-refractivity contribution in [3.8, 4) is 17.1 Å². The standard InChI is InChI=1S/C25H19F2N5O3/c26-17-12-16(13-18(27)14-17)20-8-10-32(31-20)24-19(7-4-9-29-24)25(35)30-21(22(33)23(28)34)11-15-5-2-1-3-6-15/h1-10,12-14,21H,11H2,(H2,28,34)(H,30,35). The lowest BCUT2D eigenvalue weighted by molar-refractivity contribution is -0.137. The molecule has 35 heavy (non-hydrogen) atoms. The molecule has 0 saturated carbocycles. The predicted molar refractivity (Wildman–Crippen MR) is 122 cm³/mol. The van der Waals surface area contributed by atoms with Gasteiger partial charge in [0.05, 0.1) is 11.3 Å². The van der Waals surface area contributed by atoms with Gasteiger partial charge in [-0.05, 0) is 35.9 Å². The number of ketones is 1. The molecule has 10 heteroatoms. The summed E-state index contributed by atoms with van der Waals surface area (Å²) in [6.07, 6.45) is 2.97. The number of nitrogens with one attached hydrogen (secondary N) is 1. The second-order valence-electron chi connectivity index (χ2n) is 7.62. The van der Waals surface area contributed by atoms with Gasteiger partial charge in [-0.1, -0.05) is 30.3 Å². The van der Waals surface area contributed by atoms with Crippen molar-refractivity contribution in [1.29, 1.82) is 0 Å². The number of pyridine rings is 1. The minimum Gasteiger partial charge on any atom is -0.363 e. The molecule has 8 nitrogen and oxygen atoms in total. The number of aromatic nitrogens is 3. The van der Waals surface area contributed by atoms with Crippen LogP contribution in [0.15, 0.2) is 79.1 Å². The van der Waals surface area contributed by atoms with Gasteiger partial charge in [0.15, 0.2) is 5.82 Å². The largest absolute Gasteiger partial charge is 0.363 e. The molecule has 0 spiro atoms. The SMILES string of the molecule is NC(=O)C(=O)C(Cc1ccccc1)NC(=O)c1cccnc1-n1ccc(-c2cc(F)cc(F)c2)n1. The molecule has 0 aliphatic rings. The van der Waals surface area contributed by atoms with E-state index < -0.39 is 35.3 Å². The highest BCUT2D eigenvalue weighted by Gasteiger charge is 2.27. The van der Waals surface area contributed by atoms with Crippen LogP contribution < -0.4 is 11.1 Å². The van der Waals surface area contributed by atoms with E-state index in [0.29, 0.717) is 0 Å². The van der Waals surface area contributed by atoms with Gasteiger partial charge in [0.1, 0.15) is 17.7 Å². The minimum atomic E-state index is -1.20. The summed E-state index contributed by atoms with van der Waals surface area (Å²) in [5.41, 5.74) is 6.43. The molecule has 2 heterocycles. The fraction of sp³-hybridized carbons (Fsp3) is 0.0800. The van der Waals surface area contributed by atoms with Crippen LogP contribution in [0.25, 0.3) is 17.1 Å². The number of Topliss-reactive ketones (excluding diaryl/α,β-unsaturated/α-hetero) is 1. The van der Waals surface area contributed by atoms with Gasteiger partial charge < -0.3 is 11.1 Å². The Hall–Kier alpha value is -4.73. The lowest BCUT2D eigenvalue weighted by Crippen LogP contribution is -2.47. The van der Waals surface area contributed by atoms with Gasteiger partial charge in [0.2, 0.25) is 5.78 Å². The number of rotatable bonds is 8. The summed E-state index contributed by atoms with van der Waals surface area (Å²) < 4.78 is 28.5. The van der Waals surface area contributed by atoms with Crippen molar-refractivity contribution in [2.45, 2.75) is 12.5 Å². The molecular formula is C25H19F2N5O3. The fourth-order valence-electron chi connectivity index (χ4n) is 3.52. The molecule has 0 bridgehead atoms. The Kier molecular flexibility index (Phi) is 6.72. The lowest BCUT2D eigenvalue weighted by atomic mass is 10.0. The number of benzene rings is 2. The Morgan fingerprint density at radius 1 is 0.971 bits per heavy atom. The summed E-state index contributed by atoms with van der Waals surface area (Å²) in [4.78, 5) is 41.3. The molecular weight excluding hydrogens is 456 g/mol. The van der Waals surface area contributed by atoms with E-state index in [-0.39, 0.29) is 29.1 Å². The van der Waals surface area contributed by atoms with Gasteiger partial charge in [0, 0.05) is 30.4 Å². The highest BCUT2D eigenvalue weighted by molar-refractivity contribution is 6.38. The van der Waals surface area contributed by atoms with Gasteiger partial charge in [0.25, 0.3) is 11.8 Å². The Morgan fingerprint density at radius 3 is 2.37 bits per heavy atom. The molecule has 176 valence electrons. The summed E-state index contributed by atoms with van der Waals surface area (Å²) in [5.74, 6) is -4.19. The van der Waals surface area contributed by atoms with Gasteiger partial charge >= 0.3 is 0 Å². The lowest BCUT2D eigenvalue weighted by Gasteiger charge is -2.17. The van der Waals surface area contributed by atoms with Crippen LogP contribution in [0.2, 0.25) is 0 Å². The third kappa shape index (κ3) is 5.44. The number of primary amides is 1. The van der Waals surface area contributed by atoms with E-state index in [4.69, 9.17) is 5.73 Å². The topological polar surface area (TPSA) is 120 Å². The molecule has 0 aliphatic heterocycles. The molecule has 2 aromatic carbocycles. The maximum atomic E-state index is 13.6. The van der Waals surface area contributed by atoms with Crippen LogP contribution in [0.4, 0.5) is 8.78 Å². The van der Waals surface area contributed by atoms with E-state index in [1.165, 1.54) is 35.3 Å². The van der Waals surface area contributed by atoms with Gasteiger partial charge in [-0.15, -0.1) is 0 Å². The van der Waals surface area contributed by atoms with E-state index in [9.17, 15) is 23.2 Å². The zero-order valence-corrected chi connectivity index (χ0v) is 18.2. The van der Waals surface area contributed by atoms with Crippen LogP contribution >= 0.6 is 0 Å². The van der Waals surface area contributed by atoms with E-state index in [1.807, 2.05) is 0 Å². The van der Waals surface area contributed by atoms with Crippen LogP contribution in [0.3, 0.4) is 0 Å². The van der Waals surface area contributed by atoms with Crippen molar-refractivity contribution < 1.29 is 23.2 Å². The number of hydrogen-bond acceptors (Lipinski definition) is 5. The molecule has 4 aromatic rings. The second kappa shape index (κ2) is 10.0. The molecule has 3 N–H and O–H groups in total. The number of amides is 2. The molecule has 2 aromatic heterocycles. The van der Waals surface area contributed by atoms with Gasteiger partial charge in [-0.25, -0.2) is 18.4 Å². The molecule has 0 fully saturated rings. The molecule has 1 atom stereocenters. The molecule has 2 amide bonds. The van der Waals surface area contributed by atoms with Gasteiger partial charge in [-0.2, -0.15) is 5.10 Å². The maximum absolute atomic E-state index is 13.6. The first-order valence-corrected chi connectivity index (χ1v) is 10.5. The summed E-state index contributed by atoms with van der Waals surface area (Å²) in [6, 6.07) is 15.2. The summed E-state index contributed by atoms with van der Waals surface area (Å²) >= 11 is 0. The van der Waals surface area contributed by atoms with Crippen molar-refractivity contribution >= 4 is 17.6 Å². The van der Waals surface area contributed by atoms with Crippen molar-refractivity contribution in [1.82, 2.24) is 20.1 Å². The van der Waals surface area contributed by atoms with Crippen molar-refractivity contribution in [2.75, 3.05) is 0 Å². The Morgan fingerprint density at radius 2 is 1.69 bits per heavy atom. The number of nitrogens with two attached hydrogens (primary N) is 1. The molecule has 1 unspecified atom stereocenters. The number of nitrogens with zero attached hydrogens (tertiary/aromatic N) is 3. The van der Waals surface area contributed by atoms with Crippen molar-refractivity contribution in [2.24, 2.45) is 5.73 Å². The smallest absolute Gasteiger partial charge is 0.287 e. The van der Waals surface area contributed by atoms with E-state index in [1.54, 1.807) is 30.3 Å². The Labute approximate surface area is 198 Å². The molecule has 0 saturated heterocycles. The van der Waals surface area contributed by atoms with Crippen molar-refractivity contribution in [3.63, 3.8) is 0 Å². The minimum absolute atomic E-state index is 0.0565. The maximum Gasteiger partial charge on any atom is 0.287 e.